The van der Waals surface area contributed by atoms with Gasteiger partial charge in [0.05, 0.1) is 28.8 Å². The van der Waals surface area contributed by atoms with Gasteiger partial charge >= 0.3 is 0 Å². The number of benzene rings is 3. The van der Waals surface area contributed by atoms with E-state index in [1.165, 1.54) is 29.6 Å². The first kappa shape index (κ1) is 24.4. The number of carbonyl (C=O) groups is 2. The van der Waals surface area contributed by atoms with E-state index in [4.69, 9.17) is 4.74 Å². The molecule has 9 heteroatoms. The van der Waals surface area contributed by atoms with Crippen LogP contribution in [0.25, 0.3) is 0 Å². The summed E-state index contributed by atoms with van der Waals surface area (Å²) in [6.45, 7) is 1.26. The average Bonchev–Trinajstić information content (AvgIpc) is 3.44. The first-order chi connectivity index (χ1) is 16.9. The summed E-state index contributed by atoms with van der Waals surface area (Å²) in [6, 6.07) is 20.4. The van der Waals surface area contributed by atoms with Gasteiger partial charge in [0, 0.05) is 19.6 Å². The monoisotopic (exact) mass is 493 g/mol. The SMILES string of the molecule is COc1ccc(S(=O)(=O)N2CCCC2)cc1C(=O)Nc1ccccc1C(=O)NCc1ccccc1. The average molecular weight is 494 g/mol. The van der Waals surface area contributed by atoms with E-state index < -0.39 is 15.9 Å². The minimum atomic E-state index is -3.71. The molecule has 0 spiro atoms. The number of carbonyl (C=O) groups excluding carboxylic acids is 2. The van der Waals surface area contributed by atoms with Gasteiger partial charge in [-0.3, -0.25) is 9.59 Å². The summed E-state index contributed by atoms with van der Waals surface area (Å²) < 4.78 is 32.7. The summed E-state index contributed by atoms with van der Waals surface area (Å²) in [5.41, 5.74) is 1.60. The Labute approximate surface area is 205 Å². The third kappa shape index (κ3) is 5.52. The second-order valence-corrected chi connectivity index (χ2v) is 10.1. The molecule has 2 amide bonds. The number of methoxy groups -OCH3 is 1. The van der Waals surface area contributed by atoms with Gasteiger partial charge in [0.1, 0.15) is 5.75 Å². The number of amides is 2. The Kier molecular flexibility index (Phi) is 7.48. The van der Waals surface area contributed by atoms with Gasteiger partial charge in [0.25, 0.3) is 11.8 Å². The molecule has 0 saturated carbocycles. The number of hydrogen-bond donors (Lipinski definition) is 2. The second-order valence-electron chi connectivity index (χ2n) is 8.14. The van der Waals surface area contributed by atoms with Gasteiger partial charge in [-0.25, -0.2) is 8.42 Å². The van der Waals surface area contributed by atoms with Crippen LogP contribution in [0.4, 0.5) is 5.69 Å². The van der Waals surface area contributed by atoms with E-state index in [0.29, 0.717) is 25.3 Å². The van der Waals surface area contributed by atoms with Crippen LogP contribution in [-0.4, -0.2) is 44.7 Å². The fourth-order valence-electron chi connectivity index (χ4n) is 3.96. The molecule has 1 aliphatic rings. The van der Waals surface area contributed by atoms with E-state index in [0.717, 1.165) is 18.4 Å². The highest BCUT2D eigenvalue weighted by Crippen LogP contribution is 2.27. The number of sulfonamides is 1. The number of nitrogens with zero attached hydrogens (tertiary/aromatic N) is 1. The van der Waals surface area contributed by atoms with Gasteiger partial charge in [0.2, 0.25) is 10.0 Å². The van der Waals surface area contributed by atoms with Crippen LogP contribution in [0.5, 0.6) is 5.75 Å². The largest absolute Gasteiger partial charge is 0.496 e. The van der Waals surface area contributed by atoms with Crippen molar-refractivity contribution in [2.75, 3.05) is 25.5 Å². The van der Waals surface area contributed by atoms with E-state index in [1.54, 1.807) is 24.3 Å². The van der Waals surface area contributed by atoms with Crippen molar-refractivity contribution in [2.24, 2.45) is 0 Å². The van der Waals surface area contributed by atoms with E-state index >= 15 is 0 Å². The summed E-state index contributed by atoms with van der Waals surface area (Å²) in [7, 11) is -2.31. The van der Waals surface area contributed by atoms with Gasteiger partial charge in [-0.15, -0.1) is 0 Å². The van der Waals surface area contributed by atoms with Crippen LogP contribution in [0, 0.1) is 0 Å². The minimum Gasteiger partial charge on any atom is -0.496 e. The van der Waals surface area contributed by atoms with Crippen LogP contribution < -0.4 is 15.4 Å². The topological polar surface area (TPSA) is 105 Å². The van der Waals surface area contributed by atoms with E-state index in [1.807, 2.05) is 30.3 Å². The van der Waals surface area contributed by atoms with Crippen molar-refractivity contribution < 1.29 is 22.7 Å². The predicted octanol–water partition coefficient (Wildman–Crippen LogP) is 3.66. The van der Waals surface area contributed by atoms with Crippen LogP contribution >= 0.6 is 0 Å². The van der Waals surface area contributed by atoms with Gasteiger partial charge < -0.3 is 15.4 Å². The molecule has 1 fully saturated rings. The fourth-order valence-corrected chi connectivity index (χ4v) is 5.50. The van der Waals surface area contributed by atoms with Gasteiger partial charge in [-0.1, -0.05) is 42.5 Å². The minimum absolute atomic E-state index is 0.0271. The molecule has 0 radical (unpaired) electrons. The van der Waals surface area contributed by atoms with Gasteiger partial charge in [-0.05, 0) is 48.7 Å². The molecule has 0 bridgehead atoms. The van der Waals surface area contributed by atoms with E-state index in [2.05, 4.69) is 10.6 Å². The zero-order valence-electron chi connectivity index (χ0n) is 19.4. The van der Waals surface area contributed by atoms with Crippen LogP contribution in [0.15, 0.2) is 77.7 Å². The smallest absolute Gasteiger partial charge is 0.259 e. The maximum Gasteiger partial charge on any atom is 0.259 e. The zero-order chi connectivity index (χ0) is 24.8. The predicted molar refractivity (Wildman–Crippen MR) is 133 cm³/mol. The Balaban J connectivity index is 1.56. The van der Waals surface area contributed by atoms with Crippen molar-refractivity contribution in [1.82, 2.24) is 9.62 Å². The van der Waals surface area contributed by atoms with E-state index in [9.17, 15) is 18.0 Å². The van der Waals surface area contributed by atoms with Crippen molar-refractivity contribution in [3.05, 3.63) is 89.5 Å². The van der Waals surface area contributed by atoms with Crippen molar-refractivity contribution in [2.45, 2.75) is 24.3 Å². The fraction of sp³-hybridized carbons (Fsp3) is 0.231. The molecule has 8 nitrogen and oxygen atoms in total. The molecule has 182 valence electrons. The number of nitrogens with one attached hydrogen (secondary N) is 2. The quantitative estimate of drug-likeness (QED) is 0.498. The standard InChI is InChI=1S/C26H27N3O5S/c1-34-24-14-13-20(35(32,33)29-15-7-8-16-29)17-22(24)26(31)28-23-12-6-5-11-21(23)25(30)27-18-19-9-3-2-4-10-19/h2-6,9-14,17H,7-8,15-16,18H2,1H3,(H,27,30)(H,28,31). The number of para-hydroxylation sites is 1. The lowest BCUT2D eigenvalue weighted by Crippen LogP contribution is -2.28. The summed E-state index contributed by atoms with van der Waals surface area (Å²) in [6.07, 6.45) is 1.62. The van der Waals surface area contributed by atoms with Gasteiger partial charge in [-0.2, -0.15) is 4.31 Å². The zero-order valence-corrected chi connectivity index (χ0v) is 20.2. The van der Waals surface area contributed by atoms with Crippen molar-refractivity contribution in [3.63, 3.8) is 0 Å². The number of anilines is 1. The molecule has 0 aromatic heterocycles. The first-order valence-corrected chi connectivity index (χ1v) is 12.7. The van der Waals surface area contributed by atoms with E-state index in [-0.39, 0.29) is 27.7 Å². The van der Waals surface area contributed by atoms with Crippen LogP contribution in [-0.2, 0) is 16.6 Å². The molecular weight excluding hydrogens is 466 g/mol. The van der Waals surface area contributed by atoms with Crippen LogP contribution in [0.3, 0.4) is 0 Å². The lowest BCUT2D eigenvalue weighted by Gasteiger charge is -2.17. The highest BCUT2D eigenvalue weighted by Gasteiger charge is 2.29. The number of hydrogen-bond acceptors (Lipinski definition) is 5. The molecule has 1 heterocycles. The Hall–Kier alpha value is -3.69. The molecule has 4 rings (SSSR count). The normalized spacial score (nSPS) is 13.9. The highest BCUT2D eigenvalue weighted by atomic mass is 32.2. The third-order valence-corrected chi connectivity index (χ3v) is 7.73. The second kappa shape index (κ2) is 10.7. The molecule has 3 aromatic carbocycles. The molecule has 0 aliphatic carbocycles. The van der Waals surface area contributed by atoms with Crippen molar-refractivity contribution >= 4 is 27.5 Å². The van der Waals surface area contributed by atoms with Crippen molar-refractivity contribution in [1.29, 1.82) is 0 Å². The maximum atomic E-state index is 13.2. The number of ether oxygens (including phenoxy) is 1. The maximum absolute atomic E-state index is 13.2. The molecular formula is C26H27N3O5S. The van der Waals surface area contributed by atoms with Gasteiger partial charge in [0.15, 0.2) is 0 Å². The third-order valence-electron chi connectivity index (χ3n) is 5.83. The summed E-state index contributed by atoms with van der Waals surface area (Å²) >= 11 is 0. The molecule has 35 heavy (non-hydrogen) atoms. The lowest BCUT2D eigenvalue weighted by molar-refractivity contribution is 0.0951. The van der Waals surface area contributed by atoms with Crippen LogP contribution in [0.2, 0.25) is 0 Å². The lowest BCUT2D eigenvalue weighted by atomic mass is 10.1. The summed E-state index contributed by atoms with van der Waals surface area (Å²) in [5, 5.41) is 5.59. The molecule has 0 unspecified atom stereocenters. The Morgan fingerprint density at radius 3 is 2.29 bits per heavy atom. The number of rotatable bonds is 8. The highest BCUT2D eigenvalue weighted by molar-refractivity contribution is 7.89. The molecule has 2 N–H and O–H groups in total. The first-order valence-electron chi connectivity index (χ1n) is 11.3. The molecule has 3 aromatic rings. The molecule has 0 atom stereocenters. The Bertz CT molecular complexity index is 1320. The summed E-state index contributed by atoms with van der Waals surface area (Å²) in [4.78, 5) is 26.1. The van der Waals surface area contributed by atoms with Crippen LogP contribution in [0.1, 0.15) is 39.1 Å². The Morgan fingerprint density at radius 1 is 0.886 bits per heavy atom. The molecule has 1 saturated heterocycles. The Morgan fingerprint density at radius 2 is 1.57 bits per heavy atom. The molecule has 1 aliphatic heterocycles. The summed E-state index contributed by atoms with van der Waals surface area (Å²) in [5.74, 6) is -0.695. The van der Waals surface area contributed by atoms with Crippen molar-refractivity contribution in [3.8, 4) is 5.75 Å².